The van der Waals surface area contributed by atoms with E-state index in [1.165, 1.54) is 0 Å². The van der Waals surface area contributed by atoms with Crippen LogP contribution in [0.1, 0.15) is 37.4 Å². The molecule has 0 spiro atoms. The quantitative estimate of drug-likeness (QED) is 0.766. The minimum atomic E-state index is -3.45. The standard InChI is InChI=1S/C11H16N2O4S/c1-8-3-4-10(17-8)11-12-6-5-9(13-11)7-16-18(2,14)15/h5-6,8,10H,3-4,7H2,1-2H3. The Morgan fingerprint density at radius 2 is 2.28 bits per heavy atom. The van der Waals surface area contributed by atoms with E-state index in [9.17, 15) is 8.42 Å². The lowest BCUT2D eigenvalue weighted by Gasteiger charge is -2.10. The molecule has 2 heterocycles. The van der Waals surface area contributed by atoms with Gasteiger partial charge in [0, 0.05) is 6.20 Å². The van der Waals surface area contributed by atoms with Crippen molar-refractivity contribution in [1.29, 1.82) is 0 Å². The van der Waals surface area contributed by atoms with Crippen LogP contribution in [-0.4, -0.2) is 30.7 Å². The fraction of sp³-hybridized carbons (Fsp3) is 0.636. The van der Waals surface area contributed by atoms with Crippen LogP contribution < -0.4 is 0 Å². The van der Waals surface area contributed by atoms with E-state index in [0.717, 1.165) is 19.1 Å². The fourth-order valence-electron chi connectivity index (χ4n) is 1.81. The van der Waals surface area contributed by atoms with Crippen molar-refractivity contribution in [3.8, 4) is 0 Å². The van der Waals surface area contributed by atoms with E-state index in [0.29, 0.717) is 11.5 Å². The number of ether oxygens (including phenoxy) is 1. The molecule has 7 heteroatoms. The predicted octanol–water partition coefficient (Wildman–Crippen LogP) is 1.19. The van der Waals surface area contributed by atoms with E-state index >= 15 is 0 Å². The van der Waals surface area contributed by atoms with Gasteiger partial charge in [0.1, 0.15) is 12.7 Å². The zero-order valence-corrected chi connectivity index (χ0v) is 11.2. The second-order valence-electron chi connectivity index (χ2n) is 4.39. The molecule has 0 amide bonds. The molecule has 2 atom stereocenters. The largest absolute Gasteiger partial charge is 0.367 e. The maximum atomic E-state index is 10.9. The summed E-state index contributed by atoms with van der Waals surface area (Å²) in [5.74, 6) is 0.592. The van der Waals surface area contributed by atoms with Crippen molar-refractivity contribution in [2.45, 2.75) is 38.6 Å². The van der Waals surface area contributed by atoms with Gasteiger partial charge in [-0.05, 0) is 25.8 Å². The molecule has 0 bridgehead atoms. The second-order valence-corrected chi connectivity index (χ2v) is 6.03. The maximum absolute atomic E-state index is 10.9. The van der Waals surface area contributed by atoms with Gasteiger partial charge >= 0.3 is 0 Å². The molecule has 0 aliphatic carbocycles. The Bertz CT molecular complexity index is 518. The summed E-state index contributed by atoms with van der Waals surface area (Å²) in [5.41, 5.74) is 0.536. The van der Waals surface area contributed by atoms with Crippen molar-refractivity contribution in [1.82, 2.24) is 9.97 Å². The molecule has 1 aromatic rings. The van der Waals surface area contributed by atoms with Gasteiger partial charge < -0.3 is 4.74 Å². The number of rotatable bonds is 4. The molecule has 1 aliphatic heterocycles. The minimum Gasteiger partial charge on any atom is -0.367 e. The van der Waals surface area contributed by atoms with Gasteiger partial charge in [-0.3, -0.25) is 4.18 Å². The fourth-order valence-corrected chi connectivity index (χ4v) is 2.14. The molecule has 1 aliphatic rings. The molecular formula is C11H16N2O4S. The first-order chi connectivity index (χ1) is 8.44. The summed E-state index contributed by atoms with van der Waals surface area (Å²) in [6.45, 7) is 1.94. The van der Waals surface area contributed by atoms with Crippen LogP contribution in [0.15, 0.2) is 12.3 Å². The highest BCUT2D eigenvalue weighted by Crippen LogP contribution is 2.30. The highest BCUT2D eigenvalue weighted by atomic mass is 32.2. The van der Waals surface area contributed by atoms with Gasteiger partial charge in [-0.15, -0.1) is 0 Å². The van der Waals surface area contributed by atoms with E-state index < -0.39 is 10.1 Å². The first kappa shape index (κ1) is 13.4. The van der Waals surface area contributed by atoms with Gasteiger partial charge in [-0.1, -0.05) is 0 Å². The molecule has 1 aromatic heterocycles. The lowest BCUT2D eigenvalue weighted by atomic mass is 10.2. The van der Waals surface area contributed by atoms with Crippen molar-refractivity contribution < 1.29 is 17.3 Å². The molecule has 0 radical (unpaired) electrons. The topological polar surface area (TPSA) is 78.4 Å². The third kappa shape index (κ3) is 3.72. The Balaban J connectivity index is 2.05. The van der Waals surface area contributed by atoms with E-state index in [1.54, 1.807) is 12.3 Å². The van der Waals surface area contributed by atoms with Crippen molar-refractivity contribution >= 4 is 10.1 Å². The molecule has 0 N–H and O–H groups in total. The normalized spacial score (nSPS) is 24.3. The highest BCUT2D eigenvalue weighted by molar-refractivity contribution is 7.85. The van der Waals surface area contributed by atoms with Crippen LogP contribution in [0.5, 0.6) is 0 Å². The van der Waals surface area contributed by atoms with Crippen molar-refractivity contribution in [3.05, 3.63) is 23.8 Å². The first-order valence-electron chi connectivity index (χ1n) is 5.76. The summed E-state index contributed by atoms with van der Waals surface area (Å²) in [5, 5.41) is 0. The Labute approximate surface area is 106 Å². The lowest BCUT2D eigenvalue weighted by Crippen LogP contribution is -2.09. The van der Waals surface area contributed by atoms with Crippen LogP contribution in [0.25, 0.3) is 0 Å². The number of aromatic nitrogens is 2. The smallest absolute Gasteiger partial charge is 0.264 e. The van der Waals surface area contributed by atoms with Crippen molar-refractivity contribution in [3.63, 3.8) is 0 Å². The van der Waals surface area contributed by atoms with E-state index in [2.05, 4.69) is 9.97 Å². The Hall–Kier alpha value is -1.05. The van der Waals surface area contributed by atoms with Crippen molar-refractivity contribution in [2.24, 2.45) is 0 Å². The molecule has 2 rings (SSSR count). The average molecular weight is 272 g/mol. The zero-order chi connectivity index (χ0) is 13.2. The van der Waals surface area contributed by atoms with E-state index in [4.69, 9.17) is 8.92 Å². The number of nitrogens with zero attached hydrogens (tertiary/aromatic N) is 2. The second kappa shape index (κ2) is 5.29. The summed E-state index contributed by atoms with van der Waals surface area (Å²) in [6.07, 6.45) is 4.59. The summed E-state index contributed by atoms with van der Waals surface area (Å²) >= 11 is 0. The Morgan fingerprint density at radius 3 is 2.89 bits per heavy atom. The lowest BCUT2D eigenvalue weighted by molar-refractivity contribution is 0.0500. The molecule has 100 valence electrons. The predicted molar refractivity (Wildman–Crippen MR) is 64.2 cm³/mol. The third-order valence-electron chi connectivity index (χ3n) is 2.67. The summed E-state index contributed by atoms with van der Waals surface area (Å²) < 4.78 is 32.2. The Morgan fingerprint density at radius 1 is 1.50 bits per heavy atom. The SMILES string of the molecule is CC1CCC(c2nccc(COS(C)(=O)=O)n2)O1. The van der Waals surface area contributed by atoms with Crippen molar-refractivity contribution in [2.75, 3.05) is 6.26 Å². The summed E-state index contributed by atoms with van der Waals surface area (Å²) in [7, 11) is -3.45. The molecular weight excluding hydrogens is 256 g/mol. The van der Waals surface area contributed by atoms with Crippen LogP contribution >= 0.6 is 0 Å². The molecule has 1 fully saturated rings. The van der Waals surface area contributed by atoms with Crippen LogP contribution in [0.2, 0.25) is 0 Å². The van der Waals surface area contributed by atoms with Crippen LogP contribution in [-0.2, 0) is 25.6 Å². The molecule has 6 nitrogen and oxygen atoms in total. The average Bonchev–Trinajstić information content (AvgIpc) is 2.73. The van der Waals surface area contributed by atoms with Crippen LogP contribution in [0.3, 0.4) is 0 Å². The number of hydrogen-bond acceptors (Lipinski definition) is 6. The van der Waals surface area contributed by atoms with Gasteiger partial charge in [-0.25, -0.2) is 9.97 Å². The Kier molecular flexibility index (Phi) is 3.94. The summed E-state index contributed by atoms with van der Waals surface area (Å²) in [4.78, 5) is 8.43. The van der Waals surface area contributed by atoms with Crippen LogP contribution in [0, 0.1) is 0 Å². The van der Waals surface area contributed by atoms with Gasteiger partial charge in [0.15, 0.2) is 5.82 Å². The molecule has 0 aromatic carbocycles. The van der Waals surface area contributed by atoms with Crippen LogP contribution in [0.4, 0.5) is 0 Å². The maximum Gasteiger partial charge on any atom is 0.264 e. The van der Waals surface area contributed by atoms with Gasteiger partial charge in [0.2, 0.25) is 0 Å². The number of hydrogen-bond donors (Lipinski definition) is 0. The van der Waals surface area contributed by atoms with Gasteiger partial charge in [-0.2, -0.15) is 8.42 Å². The monoisotopic (exact) mass is 272 g/mol. The van der Waals surface area contributed by atoms with E-state index in [1.807, 2.05) is 6.92 Å². The summed E-state index contributed by atoms with van der Waals surface area (Å²) in [6, 6.07) is 1.63. The van der Waals surface area contributed by atoms with Gasteiger partial charge in [0.25, 0.3) is 10.1 Å². The zero-order valence-electron chi connectivity index (χ0n) is 10.4. The molecule has 2 unspecified atom stereocenters. The molecule has 0 saturated carbocycles. The minimum absolute atomic E-state index is 0.0728. The first-order valence-corrected chi connectivity index (χ1v) is 7.57. The van der Waals surface area contributed by atoms with E-state index in [-0.39, 0.29) is 18.8 Å². The molecule has 18 heavy (non-hydrogen) atoms. The highest BCUT2D eigenvalue weighted by Gasteiger charge is 2.25. The third-order valence-corrected chi connectivity index (χ3v) is 3.22. The molecule has 1 saturated heterocycles. The van der Waals surface area contributed by atoms with Gasteiger partial charge in [0.05, 0.1) is 18.1 Å².